The molecule has 0 aliphatic heterocycles. The molecule has 0 amide bonds. The first-order valence-electron chi connectivity index (χ1n) is 13.4. The molecule has 6 nitrogen and oxygen atoms in total. The summed E-state index contributed by atoms with van der Waals surface area (Å²) in [6.45, 7) is 12.3. The second-order valence-corrected chi connectivity index (χ2v) is 8.21. The van der Waals surface area contributed by atoms with Gasteiger partial charge in [0.05, 0.1) is 66.1 Å². The normalized spacial score (nSPS) is 11.4. The summed E-state index contributed by atoms with van der Waals surface area (Å²) >= 11 is 0. The molecule has 0 aromatic carbocycles. The zero-order valence-electron chi connectivity index (χ0n) is 21.4. The lowest BCUT2D eigenvalue weighted by Crippen LogP contribution is -2.14. The van der Waals surface area contributed by atoms with Gasteiger partial charge in [0.15, 0.2) is 0 Å². The van der Waals surface area contributed by atoms with E-state index in [1.807, 2.05) is 0 Å². The lowest BCUT2D eigenvalue weighted by Gasteiger charge is -2.08. The van der Waals surface area contributed by atoms with Crippen LogP contribution in [-0.2, 0) is 28.4 Å². The topological polar surface area (TPSA) is 55.4 Å². The summed E-state index contributed by atoms with van der Waals surface area (Å²) in [5.41, 5.74) is 0. The van der Waals surface area contributed by atoms with Gasteiger partial charge in [0.1, 0.15) is 0 Å². The monoisotopic (exact) mass is 462 g/mol. The van der Waals surface area contributed by atoms with E-state index in [9.17, 15) is 0 Å². The Morgan fingerprint density at radius 3 is 0.750 bits per heavy atom. The highest BCUT2D eigenvalue weighted by atomic mass is 16.6. The van der Waals surface area contributed by atoms with E-state index >= 15 is 0 Å². The fraction of sp³-hybridized carbons (Fsp3) is 1.00. The lowest BCUT2D eigenvalue weighted by atomic mass is 10.1. The Balaban J connectivity index is 2.98. The summed E-state index contributed by atoms with van der Waals surface area (Å²) in [5.74, 6) is 0. The van der Waals surface area contributed by atoms with Gasteiger partial charge in [0, 0.05) is 13.2 Å². The van der Waals surface area contributed by atoms with Crippen LogP contribution in [0.2, 0.25) is 0 Å². The first kappa shape index (κ1) is 31.8. The first-order chi connectivity index (χ1) is 15.9. The molecular formula is C26H54O6. The molecule has 0 saturated heterocycles. The highest BCUT2D eigenvalue weighted by Gasteiger charge is 1.95. The van der Waals surface area contributed by atoms with Crippen LogP contribution in [0.15, 0.2) is 0 Å². The zero-order chi connectivity index (χ0) is 23.2. The number of hydrogen-bond donors (Lipinski definition) is 0. The highest BCUT2D eigenvalue weighted by Crippen LogP contribution is 2.05. The van der Waals surface area contributed by atoms with Gasteiger partial charge < -0.3 is 28.4 Å². The molecule has 0 fully saturated rings. The van der Waals surface area contributed by atoms with Crippen molar-refractivity contribution < 1.29 is 28.4 Å². The quantitative estimate of drug-likeness (QED) is 0.131. The molecule has 0 spiro atoms. The van der Waals surface area contributed by atoms with Crippen LogP contribution in [0.5, 0.6) is 0 Å². The molecular weight excluding hydrogens is 408 g/mol. The smallest absolute Gasteiger partial charge is 0.0701 e. The minimum absolute atomic E-state index is 0.583. The second kappa shape index (κ2) is 30.8. The van der Waals surface area contributed by atoms with E-state index in [1.165, 1.54) is 64.2 Å². The Bertz CT molecular complexity index is 287. The molecule has 6 heteroatoms. The van der Waals surface area contributed by atoms with Gasteiger partial charge in [-0.15, -0.1) is 0 Å². The molecule has 0 N–H and O–H groups in total. The zero-order valence-corrected chi connectivity index (χ0v) is 21.4. The van der Waals surface area contributed by atoms with Gasteiger partial charge in [-0.2, -0.15) is 0 Å². The molecule has 0 saturated carbocycles. The average molecular weight is 463 g/mol. The molecule has 0 aromatic rings. The fourth-order valence-electron chi connectivity index (χ4n) is 3.17. The van der Waals surface area contributed by atoms with Crippen LogP contribution in [0.1, 0.15) is 90.9 Å². The Kier molecular flexibility index (Phi) is 30.5. The van der Waals surface area contributed by atoms with E-state index in [0.29, 0.717) is 66.1 Å². The Hall–Kier alpha value is -0.240. The SMILES string of the molecule is CCCCCCCCOCCOCCOCCOCCOCCOCCCCCCCC. The van der Waals surface area contributed by atoms with Crippen LogP contribution in [0, 0.1) is 0 Å². The van der Waals surface area contributed by atoms with E-state index in [1.54, 1.807) is 0 Å². The molecule has 0 aliphatic rings. The summed E-state index contributed by atoms with van der Waals surface area (Å²) in [4.78, 5) is 0. The summed E-state index contributed by atoms with van der Waals surface area (Å²) in [6, 6.07) is 0. The highest BCUT2D eigenvalue weighted by molar-refractivity contribution is 4.44. The third-order valence-corrected chi connectivity index (χ3v) is 5.14. The minimum Gasteiger partial charge on any atom is -0.379 e. The van der Waals surface area contributed by atoms with Crippen molar-refractivity contribution in [2.45, 2.75) is 90.9 Å². The fourth-order valence-corrected chi connectivity index (χ4v) is 3.17. The van der Waals surface area contributed by atoms with Gasteiger partial charge in [-0.05, 0) is 12.8 Å². The van der Waals surface area contributed by atoms with Crippen molar-refractivity contribution in [1.82, 2.24) is 0 Å². The minimum atomic E-state index is 0.583. The average Bonchev–Trinajstić information content (AvgIpc) is 2.81. The number of rotatable bonds is 29. The van der Waals surface area contributed by atoms with E-state index < -0.39 is 0 Å². The summed E-state index contributed by atoms with van der Waals surface area (Å²) in [5, 5.41) is 0. The predicted molar refractivity (Wildman–Crippen MR) is 132 cm³/mol. The lowest BCUT2D eigenvalue weighted by molar-refractivity contribution is -0.0169. The van der Waals surface area contributed by atoms with Crippen LogP contribution >= 0.6 is 0 Å². The largest absolute Gasteiger partial charge is 0.379 e. The molecule has 0 atom stereocenters. The van der Waals surface area contributed by atoms with E-state index in [2.05, 4.69) is 13.8 Å². The van der Waals surface area contributed by atoms with Crippen LogP contribution in [0.3, 0.4) is 0 Å². The molecule has 32 heavy (non-hydrogen) atoms. The first-order valence-corrected chi connectivity index (χ1v) is 13.4. The van der Waals surface area contributed by atoms with Gasteiger partial charge in [-0.25, -0.2) is 0 Å². The Morgan fingerprint density at radius 1 is 0.250 bits per heavy atom. The van der Waals surface area contributed by atoms with Crippen LogP contribution in [0.25, 0.3) is 0 Å². The Labute approximate surface area is 199 Å². The summed E-state index contributed by atoms with van der Waals surface area (Å²) in [6.07, 6.45) is 15.5. The van der Waals surface area contributed by atoms with Crippen molar-refractivity contribution in [1.29, 1.82) is 0 Å². The molecule has 0 radical (unpaired) electrons. The van der Waals surface area contributed by atoms with Crippen molar-refractivity contribution in [3.05, 3.63) is 0 Å². The van der Waals surface area contributed by atoms with E-state index in [-0.39, 0.29) is 0 Å². The summed E-state index contributed by atoms with van der Waals surface area (Å²) < 4.78 is 33.1. The van der Waals surface area contributed by atoms with Gasteiger partial charge in [-0.1, -0.05) is 78.1 Å². The van der Waals surface area contributed by atoms with Crippen LogP contribution in [0.4, 0.5) is 0 Å². The van der Waals surface area contributed by atoms with E-state index in [0.717, 1.165) is 26.1 Å². The van der Waals surface area contributed by atoms with Crippen molar-refractivity contribution in [2.75, 3.05) is 79.3 Å². The van der Waals surface area contributed by atoms with Crippen molar-refractivity contribution in [3.63, 3.8) is 0 Å². The molecule has 0 heterocycles. The molecule has 194 valence electrons. The van der Waals surface area contributed by atoms with Crippen LogP contribution < -0.4 is 0 Å². The molecule has 0 aromatic heterocycles. The molecule has 0 unspecified atom stereocenters. The van der Waals surface area contributed by atoms with E-state index in [4.69, 9.17) is 28.4 Å². The van der Waals surface area contributed by atoms with Gasteiger partial charge in [0.2, 0.25) is 0 Å². The maximum absolute atomic E-state index is 5.58. The third-order valence-electron chi connectivity index (χ3n) is 5.14. The molecule has 0 bridgehead atoms. The third kappa shape index (κ3) is 29.8. The standard InChI is InChI=1S/C26H54O6/c1-3-5-7-9-11-13-15-27-17-19-29-21-23-31-25-26-32-24-22-30-20-18-28-16-14-12-10-8-6-4-2/h3-26H2,1-2H3. The maximum Gasteiger partial charge on any atom is 0.0701 e. The number of hydrogen-bond acceptors (Lipinski definition) is 6. The van der Waals surface area contributed by atoms with Gasteiger partial charge in [0.25, 0.3) is 0 Å². The van der Waals surface area contributed by atoms with Gasteiger partial charge >= 0.3 is 0 Å². The number of ether oxygens (including phenoxy) is 6. The van der Waals surface area contributed by atoms with Crippen molar-refractivity contribution >= 4 is 0 Å². The number of unbranched alkanes of at least 4 members (excludes halogenated alkanes) is 10. The summed E-state index contributed by atoms with van der Waals surface area (Å²) in [7, 11) is 0. The van der Waals surface area contributed by atoms with Crippen molar-refractivity contribution in [2.24, 2.45) is 0 Å². The molecule has 0 aliphatic carbocycles. The maximum atomic E-state index is 5.58. The van der Waals surface area contributed by atoms with Crippen molar-refractivity contribution in [3.8, 4) is 0 Å². The van der Waals surface area contributed by atoms with Crippen LogP contribution in [-0.4, -0.2) is 79.3 Å². The van der Waals surface area contributed by atoms with Gasteiger partial charge in [-0.3, -0.25) is 0 Å². The Morgan fingerprint density at radius 2 is 0.469 bits per heavy atom. The second-order valence-electron chi connectivity index (χ2n) is 8.21. The molecule has 0 rings (SSSR count). The predicted octanol–water partition coefficient (Wildman–Crippen LogP) is 5.81.